The summed E-state index contributed by atoms with van der Waals surface area (Å²) in [5.74, 6) is 0.785. The lowest BCUT2D eigenvalue weighted by atomic mass is 10.3. The Morgan fingerprint density at radius 1 is 1.00 bits per heavy atom. The molecule has 0 aliphatic heterocycles. The molecule has 0 heterocycles. The molecule has 4 nitrogen and oxygen atoms in total. The van der Waals surface area contributed by atoms with Crippen LogP contribution in [0.1, 0.15) is 13.8 Å². The molecule has 1 aromatic carbocycles. The molecule has 19 heavy (non-hydrogen) atoms. The second kappa shape index (κ2) is 10.2. The fourth-order valence-corrected chi connectivity index (χ4v) is 1.64. The molecule has 0 saturated carbocycles. The minimum absolute atomic E-state index is 0.295. The molecule has 108 valence electrons. The Morgan fingerprint density at radius 2 is 1.63 bits per heavy atom. The molecule has 0 spiro atoms. The van der Waals surface area contributed by atoms with Crippen LogP contribution in [0.4, 0.5) is 0 Å². The minimum atomic E-state index is -0.295. The highest BCUT2D eigenvalue weighted by Crippen LogP contribution is 2.17. The molecule has 1 aromatic rings. The van der Waals surface area contributed by atoms with Crippen LogP contribution in [-0.2, 0) is 14.2 Å². The Balaban J connectivity index is 2.04. The van der Waals surface area contributed by atoms with Crippen LogP contribution >= 0.6 is 15.9 Å². The largest absolute Gasteiger partial charge is 0.465 e. The van der Waals surface area contributed by atoms with Crippen molar-refractivity contribution in [3.63, 3.8) is 0 Å². The highest BCUT2D eigenvalue weighted by Gasteiger charge is 2.03. The molecule has 0 aliphatic rings. The van der Waals surface area contributed by atoms with Gasteiger partial charge in [0.15, 0.2) is 6.29 Å². The van der Waals surface area contributed by atoms with E-state index in [4.69, 9.17) is 18.9 Å². The van der Waals surface area contributed by atoms with Crippen molar-refractivity contribution in [2.75, 3.05) is 33.0 Å². The topological polar surface area (TPSA) is 36.9 Å². The Morgan fingerprint density at radius 3 is 2.32 bits per heavy atom. The maximum absolute atomic E-state index is 5.59. The SMILES string of the molecule is CCOCCOCCO[C@H](C)Oc1ccc(Br)cc1. The van der Waals surface area contributed by atoms with Crippen LogP contribution in [-0.4, -0.2) is 39.3 Å². The lowest BCUT2D eigenvalue weighted by Gasteiger charge is -2.15. The van der Waals surface area contributed by atoms with Crippen LogP contribution < -0.4 is 4.74 Å². The van der Waals surface area contributed by atoms with Gasteiger partial charge in [-0.2, -0.15) is 0 Å². The molecule has 0 aliphatic carbocycles. The van der Waals surface area contributed by atoms with Gasteiger partial charge in [-0.1, -0.05) is 15.9 Å². The summed E-state index contributed by atoms with van der Waals surface area (Å²) in [6, 6.07) is 7.64. The number of benzene rings is 1. The van der Waals surface area contributed by atoms with Crippen molar-refractivity contribution in [1.82, 2.24) is 0 Å². The van der Waals surface area contributed by atoms with E-state index >= 15 is 0 Å². The Hall–Kier alpha value is -0.620. The molecular formula is C14H21BrO4. The maximum Gasteiger partial charge on any atom is 0.197 e. The van der Waals surface area contributed by atoms with Gasteiger partial charge in [0.25, 0.3) is 0 Å². The van der Waals surface area contributed by atoms with E-state index in [1.54, 1.807) is 0 Å². The summed E-state index contributed by atoms with van der Waals surface area (Å²) in [6.45, 7) is 6.82. The second-order valence-corrected chi connectivity index (χ2v) is 4.74. The minimum Gasteiger partial charge on any atom is -0.465 e. The van der Waals surface area contributed by atoms with Crippen molar-refractivity contribution in [2.45, 2.75) is 20.1 Å². The zero-order valence-corrected chi connectivity index (χ0v) is 13.0. The predicted octanol–water partition coefficient (Wildman–Crippen LogP) is 3.24. The first-order valence-corrected chi connectivity index (χ1v) is 7.21. The highest BCUT2D eigenvalue weighted by atomic mass is 79.9. The Kier molecular flexibility index (Phi) is 8.82. The summed E-state index contributed by atoms with van der Waals surface area (Å²) in [7, 11) is 0. The van der Waals surface area contributed by atoms with Crippen LogP contribution in [0.5, 0.6) is 5.75 Å². The molecule has 1 rings (SSSR count). The zero-order chi connectivity index (χ0) is 13.9. The van der Waals surface area contributed by atoms with Gasteiger partial charge in [-0.3, -0.25) is 0 Å². The molecule has 0 aromatic heterocycles. The molecule has 0 amide bonds. The van der Waals surface area contributed by atoms with E-state index in [9.17, 15) is 0 Å². The average Bonchev–Trinajstić information content (AvgIpc) is 2.40. The molecule has 0 unspecified atom stereocenters. The Labute approximate surface area is 123 Å². The van der Waals surface area contributed by atoms with Crippen molar-refractivity contribution >= 4 is 15.9 Å². The van der Waals surface area contributed by atoms with Crippen LogP contribution in [0.15, 0.2) is 28.7 Å². The molecule has 0 saturated heterocycles. The van der Waals surface area contributed by atoms with Crippen LogP contribution in [0.2, 0.25) is 0 Å². The van der Waals surface area contributed by atoms with Crippen LogP contribution in [0.25, 0.3) is 0 Å². The first kappa shape index (κ1) is 16.4. The average molecular weight is 333 g/mol. The third-order valence-electron chi connectivity index (χ3n) is 2.27. The summed E-state index contributed by atoms with van der Waals surface area (Å²) in [5.41, 5.74) is 0. The lowest BCUT2D eigenvalue weighted by Crippen LogP contribution is -2.19. The fraction of sp³-hybridized carbons (Fsp3) is 0.571. The van der Waals surface area contributed by atoms with Gasteiger partial charge < -0.3 is 18.9 Å². The number of hydrogen-bond donors (Lipinski definition) is 0. The fourth-order valence-electron chi connectivity index (χ4n) is 1.38. The van der Waals surface area contributed by atoms with E-state index in [-0.39, 0.29) is 6.29 Å². The highest BCUT2D eigenvalue weighted by molar-refractivity contribution is 9.10. The van der Waals surface area contributed by atoms with Gasteiger partial charge in [-0.05, 0) is 38.1 Å². The lowest BCUT2D eigenvalue weighted by molar-refractivity contribution is -0.0859. The molecule has 1 atom stereocenters. The van der Waals surface area contributed by atoms with Gasteiger partial charge in [0.1, 0.15) is 5.75 Å². The third kappa shape index (κ3) is 8.21. The number of ether oxygens (including phenoxy) is 4. The van der Waals surface area contributed by atoms with Crippen molar-refractivity contribution in [3.8, 4) is 5.75 Å². The van der Waals surface area contributed by atoms with E-state index < -0.39 is 0 Å². The normalized spacial score (nSPS) is 12.4. The van der Waals surface area contributed by atoms with Crippen molar-refractivity contribution in [3.05, 3.63) is 28.7 Å². The van der Waals surface area contributed by atoms with Crippen molar-refractivity contribution < 1.29 is 18.9 Å². The zero-order valence-electron chi connectivity index (χ0n) is 11.4. The molecule has 0 N–H and O–H groups in total. The van der Waals surface area contributed by atoms with Crippen LogP contribution in [0, 0.1) is 0 Å². The first-order valence-electron chi connectivity index (χ1n) is 6.41. The van der Waals surface area contributed by atoms with E-state index in [1.165, 1.54) is 0 Å². The molecular weight excluding hydrogens is 312 g/mol. The van der Waals surface area contributed by atoms with E-state index in [0.29, 0.717) is 26.4 Å². The summed E-state index contributed by atoms with van der Waals surface area (Å²) in [5, 5.41) is 0. The van der Waals surface area contributed by atoms with Gasteiger partial charge in [0.2, 0.25) is 0 Å². The summed E-state index contributed by atoms with van der Waals surface area (Å²) < 4.78 is 22.6. The van der Waals surface area contributed by atoms with E-state index in [2.05, 4.69) is 15.9 Å². The monoisotopic (exact) mass is 332 g/mol. The van der Waals surface area contributed by atoms with Gasteiger partial charge in [-0.25, -0.2) is 0 Å². The smallest absolute Gasteiger partial charge is 0.197 e. The molecule has 0 bridgehead atoms. The van der Waals surface area contributed by atoms with Gasteiger partial charge in [-0.15, -0.1) is 0 Å². The predicted molar refractivity (Wildman–Crippen MR) is 77.5 cm³/mol. The maximum atomic E-state index is 5.59. The summed E-state index contributed by atoms with van der Waals surface area (Å²) >= 11 is 3.38. The number of rotatable bonds is 10. The standard InChI is InChI=1S/C14H21BrO4/c1-3-16-8-9-17-10-11-18-12(2)19-14-6-4-13(15)5-7-14/h4-7,12H,3,8-11H2,1-2H3/t12-/m0/s1. The van der Waals surface area contributed by atoms with Crippen molar-refractivity contribution in [2.24, 2.45) is 0 Å². The summed E-state index contributed by atoms with van der Waals surface area (Å²) in [4.78, 5) is 0. The van der Waals surface area contributed by atoms with Gasteiger partial charge >= 0.3 is 0 Å². The van der Waals surface area contributed by atoms with Gasteiger partial charge in [0, 0.05) is 11.1 Å². The number of halogens is 1. The first-order chi connectivity index (χ1) is 9.22. The quantitative estimate of drug-likeness (QED) is 0.487. The second-order valence-electron chi connectivity index (χ2n) is 3.82. The summed E-state index contributed by atoms with van der Waals surface area (Å²) in [6.07, 6.45) is -0.295. The van der Waals surface area contributed by atoms with Crippen LogP contribution in [0.3, 0.4) is 0 Å². The molecule has 0 radical (unpaired) electrons. The third-order valence-corrected chi connectivity index (χ3v) is 2.80. The van der Waals surface area contributed by atoms with Gasteiger partial charge in [0.05, 0.1) is 26.4 Å². The van der Waals surface area contributed by atoms with E-state index in [0.717, 1.165) is 16.8 Å². The molecule has 0 fully saturated rings. The molecule has 5 heteroatoms. The van der Waals surface area contributed by atoms with E-state index in [1.807, 2.05) is 38.1 Å². The van der Waals surface area contributed by atoms with Crippen molar-refractivity contribution in [1.29, 1.82) is 0 Å². The Bertz CT molecular complexity index is 329. The number of hydrogen-bond acceptors (Lipinski definition) is 4.